The number of carbonyl (C=O) groups is 1. The van der Waals surface area contributed by atoms with E-state index >= 15 is 0 Å². The number of aryl methyl sites for hydroxylation is 1. The smallest absolute Gasteiger partial charge is 0.305 e. The van der Waals surface area contributed by atoms with Crippen LogP contribution in [0.4, 0.5) is 0 Å². The van der Waals surface area contributed by atoms with Gasteiger partial charge in [-0.1, -0.05) is 11.3 Å². The fourth-order valence-corrected chi connectivity index (χ4v) is 2.47. The van der Waals surface area contributed by atoms with E-state index in [0.29, 0.717) is 17.1 Å². The predicted molar refractivity (Wildman–Crippen MR) is 61.0 cm³/mol. The summed E-state index contributed by atoms with van der Waals surface area (Å²) in [7, 11) is 0. The quantitative estimate of drug-likeness (QED) is 0.817. The molecule has 88 valence electrons. The summed E-state index contributed by atoms with van der Waals surface area (Å²) in [6, 6.07) is 0. The van der Waals surface area contributed by atoms with Crippen molar-refractivity contribution < 1.29 is 9.53 Å². The first-order valence-electron chi connectivity index (χ1n) is 5.26. The van der Waals surface area contributed by atoms with E-state index in [-0.39, 0.29) is 16.9 Å². The lowest BCUT2D eigenvalue weighted by Crippen LogP contribution is -2.31. The molecule has 1 atom stereocenters. The fraction of sp³-hybridized carbons (Fsp3) is 0.600. The van der Waals surface area contributed by atoms with E-state index in [1.54, 1.807) is 6.92 Å². The average Bonchev–Trinajstić information content (AvgIpc) is 2.84. The highest BCUT2D eigenvalue weighted by atomic mass is 32.1. The number of hydrogen-bond donors (Lipinski definition) is 2. The molecule has 1 saturated heterocycles. The molecule has 0 saturated carbocycles. The molecule has 2 N–H and O–H groups in total. The molecule has 2 heterocycles. The number of ether oxygens (including phenoxy) is 1. The summed E-state index contributed by atoms with van der Waals surface area (Å²) in [5.74, 6) is -0.198. The van der Waals surface area contributed by atoms with Crippen LogP contribution in [0.3, 0.4) is 0 Å². The number of carbonyl (C=O) groups excluding carboxylic acids is 1. The normalized spacial score (nSPS) is 19.9. The lowest BCUT2D eigenvalue weighted by atomic mass is 10.2. The van der Waals surface area contributed by atoms with E-state index in [1.807, 2.05) is 0 Å². The van der Waals surface area contributed by atoms with Crippen molar-refractivity contribution >= 4 is 17.2 Å². The Labute approximate surface area is 96.8 Å². The summed E-state index contributed by atoms with van der Waals surface area (Å²) in [4.78, 5) is 25.6. The molecule has 1 unspecified atom stereocenters. The van der Waals surface area contributed by atoms with Gasteiger partial charge in [-0.05, 0) is 19.8 Å². The van der Waals surface area contributed by atoms with E-state index < -0.39 is 0 Å². The predicted octanol–water partition coefficient (Wildman–Crippen LogP) is 0.654. The van der Waals surface area contributed by atoms with Crippen LogP contribution in [0.5, 0.6) is 0 Å². The van der Waals surface area contributed by atoms with E-state index in [0.717, 1.165) is 30.8 Å². The molecule has 1 aliphatic rings. The number of rotatable bonds is 3. The number of hydrogen-bond acceptors (Lipinski definition) is 4. The summed E-state index contributed by atoms with van der Waals surface area (Å²) in [6.45, 7) is 3.01. The molecule has 0 aromatic carbocycles. The molecule has 0 bridgehead atoms. The Kier molecular flexibility index (Phi) is 3.40. The third kappa shape index (κ3) is 2.51. The second kappa shape index (κ2) is 4.80. The largest absolute Gasteiger partial charge is 0.376 e. The number of aromatic amines is 1. The summed E-state index contributed by atoms with van der Waals surface area (Å²) >= 11 is 0.941. The van der Waals surface area contributed by atoms with Crippen LogP contribution in [0.2, 0.25) is 0 Å². The Bertz CT molecular complexity index is 432. The van der Waals surface area contributed by atoms with Crippen molar-refractivity contribution in [3.05, 3.63) is 20.2 Å². The van der Waals surface area contributed by atoms with Gasteiger partial charge in [0.2, 0.25) is 0 Å². The van der Waals surface area contributed by atoms with Crippen molar-refractivity contribution in [3.63, 3.8) is 0 Å². The lowest BCUT2D eigenvalue weighted by Gasteiger charge is -2.09. The van der Waals surface area contributed by atoms with Gasteiger partial charge in [0.05, 0.1) is 6.10 Å². The third-order valence-electron chi connectivity index (χ3n) is 2.55. The first-order chi connectivity index (χ1) is 7.66. The minimum atomic E-state index is -0.198. The Morgan fingerprint density at radius 1 is 1.69 bits per heavy atom. The van der Waals surface area contributed by atoms with Crippen molar-refractivity contribution in [2.24, 2.45) is 0 Å². The lowest BCUT2D eigenvalue weighted by molar-refractivity contribution is 0.0860. The standard InChI is InChI=1S/C10H14N2O3S/c1-6-8(16-10(14)12-6)9(13)11-5-7-3-2-4-15-7/h7H,2-5H2,1H3,(H,11,13)(H,12,14). The second-order valence-electron chi connectivity index (χ2n) is 3.81. The summed E-state index contributed by atoms with van der Waals surface area (Å²) in [5, 5.41) is 2.78. The zero-order valence-corrected chi connectivity index (χ0v) is 9.86. The van der Waals surface area contributed by atoms with Crippen LogP contribution in [-0.2, 0) is 4.74 Å². The van der Waals surface area contributed by atoms with Gasteiger partial charge in [-0.25, -0.2) is 0 Å². The molecule has 5 nitrogen and oxygen atoms in total. The Balaban J connectivity index is 1.92. The zero-order valence-electron chi connectivity index (χ0n) is 9.04. The first-order valence-corrected chi connectivity index (χ1v) is 6.08. The number of thiazole rings is 1. The topological polar surface area (TPSA) is 71.2 Å². The van der Waals surface area contributed by atoms with Gasteiger partial charge in [-0.15, -0.1) is 0 Å². The fourth-order valence-electron chi connectivity index (χ4n) is 1.71. The van der Waals surface area contributed by atoms with Crippen molar-refractivity contribution in [3.8, 4) is 0 Å². The third-order valence-corrected chi connectivity index (χ3v) is 3.53. The highest BCUT2D eigenvalue weighted by molar-refractivity contribution is 7.11. The maximum Gasteiger partial charge on any atom is 0.305 e. The molecule has 1 amide bonds. The van der Waals surface area contributed by atoms with Crippen LogP contribution >= 0.6 is 11.3 Å². The average molecular weight is 242 g/mol. The Hall–Kier alpha value is -1.14. The van der Waals surface area contributed by atoms with Crippen molar-refractivity contribution in [2.75, 3.05) is 13.2 Å². The minimum Gasteiger partial charge on any atom is -0.376 e. The maximum atomic E-state index is 11.7. The van der Waals surface area contributed by atoms with Gasteiger partial charge in [0.25, 0.3) is 5.91 Å². The van der Waals surface area contributed by atoms with Crippen LogP contribution in [-0.4, -0.2) is 30.1 Å². The molecule has 16 heavy (non-hydrogen) atoms. The van der Waals surface area contributed by atoms with Gasteiger partial charge in [0, 0.05) is 18.8 Å². The van der Waals surface area contributed by atoms with Gasteiger partial charge < -0.3 is 15.0 Å². The molecule has 6 heteroatoms. The molecule has 1 aromatic heterocycles. The minimum absolute atomic E-state index is 0.125. The van der Waals surface area contributed by atoms with Gasteiger partial charge in [0.1, 0.15) is 4.88 Å². The molecule has 0 aliphatic carbocycles. The van der Waals surface area contributed by atoms with Crippen LogP contribution in [0, 0.1) is 6.92 Å². The number of aromatic nitrogens is 1. The maximum absolute atomic E-state index is 11.7. The molecular weight excluding hydrogens is 228 g/mol. The van der Waals surface area contributed by atoms with Crippen molar-refractivity contribution in [2.45, 2.75) is 25.9 Å². The Morgan fingerprint density at radius 2 is 2.50 bits per heavy atom. The van der Waals surface area contributed by atoms with Gasteiger partial charge in [0.15, 0.2) is 0 Å². The number of H-pyrrole nitrogens is 1. The number of amides is 1. The van der Waals surface area contributed by atoms with Crippen LogP contribution in [0.25, 0.3) is 0 Å². The van der Waals surface area contributed by atoms with E-state index in [9.17, 15) is 9.59 Å². The molecule has 0 spiro atoms. The summed E-state index contributed by atoms with van der Waals surface area (Å²) in [6.07, 6.45) is 2.17. The zero-order chi connectivity index (χ0) is 11.5. The van der Waals surface area contributed by atoms with E-state index in [4.69, 9.17) is 4.74 Å². The van der Waals surface area contributed by atoms with Crippen molar-refractivity contribution in [1.82, 2.24) is 10.3 Å². The Morgan fingerprint density at radius 3 is 3.06 bits per heavy atom. The van der Waals surface area contributed by atoms with Crippen molar-refractivity contribution in [1.29, 1.82) is 0 Å². The SMILES string of the molecule is Cc1[nH]c(=O)sc1C(=O)NCC1CCCO1. The summed E-state index contributed by atoms with van der Waals surface area (Å²) < 4.78 is 5.39. The van der Waals surface area contributed by atoms with Gasteiger partial charge in [-0.3, -0.25) is 9.59 Å². The monoisotopic (exact) mass is 242 g/mol. The van der Waals surface area contributed by atoms with Crippen LogP contribution in [0.15, 0.2) is 4.79 Å². The number of nitrogens with one attached hydrogen (secondary N) is 2. The molecule has 1 aliphatic heterocycles. The highest BCUT2D eigenvalue weighted by Crippen LogP contribution is 2.12. The van der Waals surface area contributed by atoms with E-state index in [1.165, 1.54) is 0 Å². The van der Waals surface area contributed by atoms with Crippen LogP contribution < -0.4 is 10.2 Å². The van der Waals surface area contributed by atoms with Crippen LogP contribution in [0.1, 0.15) is 28.2 Å². The van der Waals surface area contributed by atoms with E-state index in [2.05, 4.69) is 10.3 Å². The van der Waals surface area contributed by atoms with Gasteiger partial charge >= 0.3 is 4.87 Å². The molecule has 0 radical (unpaired) electrons. The van der Waals surface area contributed by atoms with Gasteiger partial charge in [-0.2, -0.15) is 0 Å². The first kappa shape index (κ1) is 11.3. The highest BCUT2D eigenvalue weighted by Gasteiger charge is 2.18. The molecular formula is C10H14N2O3S. The summed E-state index contributed by atoms with van der Waals surface area (Å²) in [5.41, 5.74) is 0.625. The second-order valence-corrected chi connectivity index (χ2v) is 4.80. The molecule has 2 rings (SSSR count). The molecule has 1 aromatic rings. The molecule has 1 fully saturated rings.